The van der Waals surface area contributed by atoms with Gasteiger partial charge in [0.15, 0.2) is 0 Å². The second-order valence-electron chi connectivity index (χ2n) is 4.79. The third kappa shape index (κ3) is 3.74. The van der Waals surface area contributed by atoms with E-state index < -0.39 is 0 Å². The first-order valence-electron chi connectivity index (χ1n) is 7.03. The minimum absolute atomic E-state index is 0.705. The molecule has 0 bridgehead atoms. The van der Waals surface area contributed by atoms with Crippen molar-refractivity contribution in [2.45, 2.75) is 0 Å². The number of rotatable bonds is 3. The number of amidine groups is 1. The summed E-state index contributed by atoms with van der Waals surface area (Å²) in [4.78, 5) is 4.71. The number of halogens is 1. The molecule has 3 heteroatoms. The smallest absolute Gasteiger partial charge is 0.138 e. The van der Waals surface area contributed by atoms with Crippen LogP contribution in [0.25, 0.3) is 0 Å². The molecular formula is C19H15ClN2. The Labute approximate surface area is 135 Å². The summed E-state index contributed by atoms with van der Waals surface area (Å²) in [5.74, 6) is 0.800. The number of anilines is 1. The lowest BCUT2D eigenvalue weighted by Crippen LogP contribution is -2.13. The predicted octanol–water partition coefficient (Wildman–Crippen LogP) is 5.53. The van der Waals surface area contributed by atoms with Crippen LogP contribution in [-0.4, -0.2) is 5.84 Å². The van der Waals surface area contributed by atoms with Crippen molar-refractivity contribution < 1.29 is 0 Å². The first kappa shape index (κ1) is 14.4. The molecule has 0 heterocycles. The summed E-state index contributed by atoms with van der Waals surface area (Å²) >= 11 is 5.93. The molecule has 3 aromatic carbocycles. The van der Waals surface area contributed by atoms with E-state index in [1.54, 1.807) is 0 Å². The average molecular weight is 307 g/mol. The van der Waals surface area contributed by atoms with Crippen LogP contribution in [0.5, 0.6) is 0 Å². The van der Waals surface area contributed by atoms with Gasteiger partial charge in [0.1, 0.15) is 5.84 Å². The number of nitrogens with zero attached hydrogens (tertiary/aromatic N) is 1. The number of hydrogen-bond donors (Lipinski definition) is 1. The van der Waals surface area contributed by atoms with Crippen LogP contribution in [0, 0.1) is 0 Å². The number of benzene rings is 3. The second-order valence-corrected chi connectivity index (χ2v) is 5.23. The molecular weight excluding hydrogens is 292 g/mol. The lowest BCUT2D eigenvalue weighted by molar-refractivity contribution is 1.46. The molecule has 3 aromatic rings. The van der Waals surface area contributed by atoms with Gasteiger partial charge >= 0.3 is 0 Å². The summed E-state index contributed by atoms with van der Waals surface area (Å²) in [6, 6.07) is 27.5. The van der Waals surface area contributed by atoms with Gasteiger partial charge in [-0.15, -0.1) is 0 Å². The molecule has 3 rings (SSSR count). The molecule has 1 N–H and O–H groups in total. The Bertz CT molecular complexity index is 750. The highest BCUT2D eigenvalue weighted by atomic mass is 35.5. The highest BCUT2D eigenvalue weighted by molar-refractivity contribution is 6.30. The van der Waals surface area contributed by atoms with E-state index >= 15 is 0 Å². The van der Waals surface area contributed by atoms with Crippen molar-refractivity contribution in [3.63, 3.8) is 0 Å². The Balaban J connectivity index is 1.97. The van der Waals surface area contributed by atoms with Crippen molar-refractivity contribution >= 4 is 28.8 Å². The molecule has 22 heavy (non-hydrogen) atoms. The standard InChI is InChI=1S/C19H15ClN2/c20-16-11-13-18(14-12-16)22-19(15-7-3-1-4-8-15)21-17-9-5-2-6-10-17/h1-14H,(H,21,22). The summed E-state index contributed by atoms with van der Waals surface area (Å²) in [5.41, 5.74) is 2.88. The summed E-state index contributed by atoms with van der Waals surface area (Å²) in [7, 11) is 0. The molecule has 0 saturated heterocycles. The molecule has 0 atom stereocenters. The maximum atomic E-state index is 5.93. The normalized spacial score (nSPS) is 11.2. The SMILES string of the molecule is Clc1ccc(N=C(Nc2ccccc2)c2ccccc2)cc1. The van der Waals surface area contributed by atoms with E-state index in [-0.39, 0.29) is 0 Å². The summed E-state index contributed by atoms with van der Waals surface area (Å²) in [6.07, 6.45) is 0. The van der Waals surface area contributed by atoms with Gasteiger partial charge in [0, 0.05) is 16.3 Å². The quantitative estimate of drug-likeness (QED) is 0.499. The number of para-hydroxylation sites is 1. The van der Waals surface area contributed by atoms with Crippen molar-refractivity contribution in [2.75, 3.05) is 5.32 Å². The highest BCUT2D eigenvalue weighted by Crippen LogP contribution is 2.19. The lowest BCUT2D eigenvalue weighted by atomic mass is 10.2. The molecule has 2 nitrogen and oxygen atoms in total. The van der Waals surface area contributed by atoms with Crippen LogP contribution in [-0.2, 0) is 0 Å². The van der Waals surface area contributed by atoms with Crippen molar-refractivity contribution in [1.29, 1.82) is 0 Å². The Morgan fingerprint density at radius 3 is 1.95 bits per heavy atom. The van der Waals surface area contributed by atoms with Gasteiger partial charge in [-0.3, -0.25) is 0 Å². The maximum absolute atomic E-state index is 5.93. The molecule has 0 fully saturated rings. The van der Waals surface area contributed by atoms with Gasteiger partial charge in [0.25, 0.3) is 0 Å². The molecule has 0 aliphatic rings. The Morgan fingerprint density at radius 2 is 1.32 bits per heavy atom. The minimum Gasteiger partial charge on any atom is -0.340 e. The fraction of sp³-hybridized carbons (Fsp3) is 0. The molecule has 0 unspecified atom stereocenters. The van der Waals surface area contributed by atoms with Gasteiger partial charge in [-0.05, 0) is 36.4 Å². The molecule has 0 saturated carbocycles. The van der Waals surface area contributed by atoms with Crippen LogP contribution in [0.2, 0.25) is 5.02 Å². The molecule has 0 spiro atoms. The van der Waals surface area contributed by atoms with Crippen LogP contribution in [0.1, 0.15) is 5.56 Å². The van der Waals surface area contributed by atoms with Crippen LogP contribution in [0.3, 0.4) is 0 Å². The van der Waals surface area contributed by atoms with E-state index in [4.69, 9.17) is 16.6 Å². The molecule has 0 aliphatic carbocycles. The third-order valence-electron chi connectivity index (χ3n) is 3.15. The van der Waals surface area contributed by atoms with Crippen molar-refractivity contribution in [3.8, 4) is 0 Å². The van der Waals surface area contributed by atoms with Crippen LogP contribution >= 0.6 is 11.6 Å². The Hall–Kier alpha value is -2.58. The average Bonchev–Trinajstić information content (AvgIpc) is 2.58. The van der Waals surface area contributed by atoms with Gasteiger partial charge in [0.05, 0.1) is 5.69 Å². The molecule has 0 aliphatic heterocycles. The van der Waals surface area contributed by atoms with Crippen LogP contribution in [0.4, 0.5) is 11.4 Å². The first-order valence-corrected chi connectivity index (χ1v) is 7.41. The van der Waals surface area contributed by atoms with E-state index in [0.717, 1.165) is 22.8 Å². The fourth-order valence-electron chi connectivity index (χ4n) is 2.06. The number of aliphatic imine (C=N–C) groups is 1. The van der Waals surface area contributed by atoms with Crippen LogP contribution < -0.4 is 5.32 Å². The minimum atomic E-state index is 0.705. The second kappa shape index (κ2) is 6.92. The molecule has 108 valence electrons. The summed E-state index contributed by atoms with van der Waals surface area (Å²) in [6.45, 7) is 0. The zero-order valence-electron chi connectivity index (χ0n) is 11.9. The maximum Gasteiger partial charge on any atom is 0.138 e. The van der Waals surface area contributed by atoms with Gasteiger partial charge < -0.3 is 5.32 Å². The largest absolute Gasteiger partial charge is 0.340 e. The predicted molar refractivity (Wildman–Crippen MR) is 94.2 cm³/mol. The zero-order valence-corrected chi connectivity index (χ0v) is 12.7. The fourth-order valence-corrected chi connectivity index (χ4v) is 2.19. The first-order chi connectivity index (χ1) is 10.8. The Kier molecular flexibility index (Phi) is 4.52. The van der Waals surface area contributed by atoms with Gasteiger partial charge in [-0.25, -0.2) is 4.99 Å². The Morgan fingerprint density at radius 1 is 0.727 bits per heavy atom. The van der Waals surface area contributed by atoms with E-state index in [0.29, 0.717) is 5.02 Å². The third-order valence-corrected chi connectivity index (χ3v) is 3.40. The molecule has 0 radical (unpaired) electrons. The zero-order chi connectivity index (χ0) is 15.2. The monoisotopic (exact) mass is 306 g/mol. The van der Waals surface area contributed by atoms with E-state index in [9.17, 15) is 0 Å². The number of nitrogens with one attached hydrogen (secondary N) is 1. The van der Waals surface area contributed by atoms with Crippen molar-refractivity contribution in [3.05, 3.63) is 95.5 Å². The van der Waals surface area contributed by atoms with E-state index in [2.05, 4.69) is 5.32 Å². The molecule has 0 aromatic heterocycles. The van der Waals surface area contributed by atoms with Gasteiger partial charge in [0.2, 0.25) is 0 Å². The summed E-state index contributed by atoms with van der Waals surface area (Å²) < 4.78 is 0. The lowest BCUT2D eigenvalue weighted by Gasteiger charge is -2.10. The highest BCUT2D eigenvalue weighted by Gasteiger charge is 2.04. The van der Waals surface area contributed by atoms with E-state index in [1.165, 1.54) is 0 Å². The summed E-state index contributed by atoms with van der Waals surface area (Å²) in [5, 5.41) is 4.08. The van der Waals surface area contributed by atoms with Gasteiger partial charge in [-0.1, -0.05) is 60.1 Å². The van der Waals surface area contributed by atoms with Gasteiger partial charge in [-0.2, -0.15) is 0 Å². The van der Waals surface area contributed by atoms with E-state index in [1.807, 2.05) is 84.9 Å². The topological polar surface area (TPSA) is 24.4 Å². The van der Waals surface area contributed by atoms with Crippen molar-refractivity contribution in [1.82, 2.24) is 0 Å². The molecule has 0 amide bonds. The van der Waals surface area contributed by atoms with Crippen LogP contribution in [0.15, 0.2) is 89.9 Å². The van der Waals surface area contributed by atoms with Crippen molar-refractivity contribution in [2.24, 2.45) is 4.99 Å². The number of hydrogen-bond acceptors (Lipinski definition) is 1.